The zero-order valence-corrected chi connectivity index (χ0v) is 15.6. The molecule has 1 heterocycles. The third-order valence-electron chi connectivity index (χ3n) is 4.88. The van der Waals surface area contributed by atoms with E-state index in [9.17, 15) is 5.11 Å². The number of benzene rings is 3. The average Bonchev–Trinajstić information content (AvgIpc) is 3.17. The first-order chi connectivity index (χ1) is 13.8. The van der Waals surface area contributed by atoms with Gasteiger partial charge in [0, 0.05) is 29.4 Å². The third-order valence-corrected chi connectivity index (χ3v) is 4.88. The number of nitrogens with one attached hydrogen (secondary N) is 1. The molecule has 0 bridgehead atoms. The highest BCUT2D eigenvalue weighted by Gasteiger charge is 2.12. The molecule has 4 rings (SSSR count). The zero-order valence-electron chi connectivity index (χ0n) is 15.6. The molecule has 0 aliphatic heterocycles. The SMILES string of the molecule is OCc1c(-c2ccccc2)c[nH]c1Cc1ccc(OCc2ccccc2)cc1. The van der Waals surface area contributed by atoms with Crippen molar-refractivity contribution in [2.45, 2.75) is 19.6 Å². The van der Waals surface area contributed by atoms with Crippen molar-refractivity contribution in [1.29, 1.82) is 0 Å². The fraction of sp³-hybridized carbons (Fsp3) is 0.120. The Kier molecular flexibility index (Phi) is 5.55. The van der Waals surface area contributed by atoms with E-state index in [4.69, 9.17) is 4.74 Å². The molecule has 0 unspecified atom stereocenters. The number of aliphatic hydroxyl groups excluding tert-OH is 1. The quantitative estimate of drug-likeness (QED) is 0.462. The van der Waals surface area contributed by atoms with E-state index in [1.165, 1.54) is 5.56 Å². The van der Waals surface area contributed by atoms with E-state index in [2.05, 4.69) is 41.4 Å². The van der Waals surface area contributed by atoms with Crippen LogP contribution in [0.2, 0.25) is 0 Å². The maximum Gasteiger partial charge on any atom is 0.119 e. The minimum atomic E-state index is 0.0152. The number of hydrogen-bond acceptors (Lipinski definition) is 2. The van der Waals surface area contributed by atoms with Gasteiger partial charge in [-0.15, -0.1) is 0 Å². The molecule has 4 aromatic rings. The van der Waals surface area contributed by atoms with Crippen LogP contribution in [0.3, 0.4) is 0 Å². The fourth-order valence-electron chi connectivity index (χ4n) is 3.36. The Labute approximate surface area is 165 Å². The second-order valence-corrected chi connectivity index (χ2v) is 6.78. The molecule has 0 saturated heterocycles. The van der Waals surface area contributed by atoms with Gasteiger partial charge >= 0.3 is 0 Å². The predicted molar refractivity (Wildman–Crippen MR) is 112 cm³/mol. The number of aromatic nitrogens is 1. The van der Waals surface area contributed by atoms with Crippen LogP contribution in [0.1, 0.15) is 22.4 Å². The number of rotatable bonds is 7. The highest BCUT2D eigenvalue weighted by molar-refractivity contribution is 5.68. The van der Waals surface area contributed by atoms with Gasteiger partial charge in [0.2, 0.25) is 0 Å². The Balaban J connectivity index is 1.45. The molecule has 0 radical (unpaired) electrons. The maximum atomic E-state index is 9.91. The van der Waals surface area contributed by atoms with Crippen LogP contribution in [0, 0.1) is 0 Å². The Morgan fingerprint density at radius 2 is 1.43 bits per heavy atom. The molecule has 3 heteroatoms. The predicted octanol–water partition coefficient (Wildman–Crippen LogP) is 5.34. The van der Waals surface area contributed by atoms with Crippen molar-refractivity contribution in [1.82, 2.24) is 4.98 Å². The molecular formula is C25H23NO2. The first kappa shape index (κ1) is 18.1. The zero-order chi connectivity index (χ0) is 19.2. The molecule has 1 aromatic heterocycles. The van der Waals surface area contributed by atoms with E-state index in [1.54, 1.807) is 0 Å². The first-order valence-corrected chi connectivity index (χ1v) is 9.44. The van der Waals surface area contributed by atoms with Crippen LogP contribution in [0.5, 0.6) is 5.75 Å². The Morgan fingerprint density at radius 3 is 2.11 bits per heavy atom. The van der Waals surface area contributed by atoms with Crippen LogP contribution in [-0.2, 0) is 19.6 Å². The summed E-state index contributed by atoms with van der Waals surface area (Å²) in [5, 5.41) is 9.91. The number of ether oxygens (including phenoxy) is 1. The lowest BCUT2D eigenvalue weighted by Crippen LogP contribution is -1.97. The van der Waals surface area contributed by atoms with Crippen molar-refractivity contribution in [2.24, 2.45) is 0 Å². The molecule has 0 atom stereocenters. The lowest BCUT2D eigenvalue weighted by molar-refractivity contribution is 0.281. The number of H-pyrrole nitrogens is 1. The van der Waals surface area contributed by atoms with Crippen molar-refractivity contribution in [3.63, 3.8) is 0 Å². The minimum Gasteiger partial charge on any atom is -0.489 e. The summed E-state index contributed by atoms with van der Waals surface area (Å²) in [5.41, 5.74) is 6.48. The molecule has 0 fully saturated rings. The lowest BCUT2D eigenvalue weighted by Gasteiger charge is -2.08. The van der Waals surface area contributed by atoms with E-state index in [0.29, 0.717) is 6.61 Å². The molecule has 3 nitrogen and oxygen atoms in total. The van der Waals surface area contributed by atoms with Crippen molar-refractivity contribution < 1.29 is 9.84 Å². The van der Waals surface area contributed by atoms with E-state index in [1.807, 2.05) is 54.7 Å². The molecule has 0 spiro atoms. The largest absolute Gasteiger partial charge is 0.489 e. The van der Waals surface area contributed by atoms with Crippen LogP contribution in [-0.4, -0.2) is 10.1 Å². The molecule has 28 heavy (non-hydrogen) atoms. The average molecular weight is 369 g/mol. The molecule has 3 aromatic carbocycles. The number of aliphatic hydroxyl groups is 1. The highest BCUT2D eigenvalue weighted by atomic mass is 16.5. The second-order valence-electron chi connectivity index (χ2n) is 6.78. The molecule has 0 aliphatic rings. The topological polar surface area (TPSA) is 45.2 Å². The molecule has 0 saturated carbocycles. The van der Waals surface area contributed by atoms with Crippen LogP contribution >= 0.6 is 0 Å². The van der Waals surface area contributed by atoms with Gasteiger partial charge in [-0.2, -0.15) is 0 Å². The summed E-state index contributed by atoms with van der Waals surface area (Å²) in [4.78, 5) is 3.34. The van der Waals surface area contributed by atoms with Gasteiger partial charge in [0.15, 0.2) is 0 Å². The standard InChI is InChI=1S/C25H23NO2/c27-17-24-23(21-9-5-2-6-10-21)16-26-25(24)15-19-11-13-22(14-12-19)28-18-20-7-3-1-4-8-20/h1-14,16,26-27H,15,17-18H2. The summed E-state index contributed by atoms with van der Waals surface area (Å²) in [6, 6.07) is 28.4. The third kappa shape index (κ3) is 4.16. The summed E-state index contributed by atoms with van der Waals surface area (Å²) in [6.07, 6.45) is 2.72. The van der Waals surface area contributed by atoms with Crippen LogP contribution in [0.25, 0.3) is 11.1 Å². The summed E-state index contributed by atoms with van der Waals surface area (Å²) >= 11 is 0. The van der Waals surface area contributed by atoms with Crippen molar-refractivity contribution in [2.75, 3.05) is 0 Å². The smallest absolute Gasteiger partial charge is 0.119 e. The highest BCUT2D eigenvalue weighted by Crippen LogP contribution is 2.28. The summed E-state index contributed by atoms with van der Waals surface area (Å²) < 4.78 is 5.86. The lowest BCUT2D eigenvalue weighted by atomic mass is 10.0. The van der Waals surface area contributed by atoms with Gasteiger partial charge < -0.3 is 14.8 Å². The molecule has 140 valence electrons. The van der Waals surface area contributed by atoms with E-state index in [-0.39, 0.29) is 6.61 Å². The summed E-state index contributed by atoms with van der Waals surface area (Å²) in [6.45, 7) is 0.577. The van der Waals surface area contributed by atoms with Gasteiger partial charge in [-0.3, -0.25) is 0 Å². The van der Waals surface area contributed by atoms with E-state index < -0.39 is 0 Å². The van der Waals surface area contributed by atoms with Gasteiger partial charge in [0.1, 0.15) is 12.4 Å². The van der Waals surface area contributed by atoms with Crippen LogP contribution in [0.15, 0.2) is 91.1 Å². The Bertz CT molecular complexity index is 1010. The monoisotopic (exact) mass is 369 g/mol. The fourth-order valence-corrected chi connectivity index (χ4v) is 3.36. The van der Waals surface area contributed by atoms with E-state index >= 15 is 0 Å². The van der Waals surface area contributed by atoms with Crippen molar-refractivity contribution in [3.8, 4) is 16.9 Å². The van der Waals surface area contributed by atoms with Crippen molar-refractivity contribution >= 4 is 0 Å². The van der Waals surface area contributed by atoms with Gasteiger partial charge in [-0.05, 0) is 28.8 Å². The minimum absolute atomic E-state index is 0.0152. The Morgan fingerprint density at radius 1 is 0.750 bits per heavy atom. The van der Waals surface area contributed by atoms with Crippen molar-refractivity contribution in [3.05, 3.63) is 114 Å². The first-order valence-electron chi connectivity index (χ1n) is 9.44. The van der Waals surface area contributed by atoms with E-state index in [0.717, 1.165) is 40.1 Å². The maximum absolute atomic E-state index is 9.91. The molecule has 2 N–H and O–H groups in total. The molecule has 0 amide bonds. The van der Waals surface area contributed by atoms with Gasteiger partial charge in [-0.25, -0.2) is 0 Å². The Hall–Kier alpha value is -3.30. The summed E-state index contributed by atoms with van der Waals surface area (Å²) in [5.74, 6) is 0.853. The summed E-state index contributed by atoms with van der Waals surface area (Å²) in [7, 11) is 0. The normalized spacial score (nSPS) is 10.8. The van der Waals surface area contributed by atoms with Crippen LogP contribution in [0.4, 0.5) is 0 Å². The second kappa shape index (κ2) is 8.59. The van der Waals surface area contributed by atoms with Gasteiger partial charge in [-0.1, -0.05) is 72.8 Å². The van der Waals surface area contributed by atoms with Gasteiger partial charge in [0.25, 0.3) is 0 Å². The molecule has 0 aliphatic carbocycles. The van der Waals surface area contributed by atoms with Gasteiger partial charge in [0.05, 0.1) is 6.61 Å². The van der Waals surface area contributed by atoms with Crippen LogP contribution < -0.4 is 4.74 Å². The molecular weight excluding hydrogens is 346 g/mol. The number of aromatic amines is 1. The number of hydrogen-bond donors (Lipinski definition) is 2.